The van der Waals surface area contributed by atoms with E-state index in [1.54, 1.807) is 36.7 Å². The molecule has 0 radical (unpaired) electrons. The molecule has 1 aromatic rings. The Labute approximate surface area is 147 Å². The van der Waals surface area contributed by atoms with Gasteiger partial charge in [-0.2, -0.15) is 0 Å². The summed E-state index contributed by atoms with van der Waals surface area (Å²) in [5.74, 6) is -1.52. The molecule has 3 heterocycles. The van der Waals surface area contributed by atoms with E-state index in [2.05, 4.69) is 0 Å². The van der Waals surface area contributed by atoms with E-state index in [0.29, 0.717) is 23.4 Å². The first kappa shape index (κ1) is 17.2. The van der Waals surface area contributed by atoms with Gasteiger partial charge in [-0.15, -0.1) is 11.8 Å². The van der Waals surface area contributed by atoms with Gasteiger partial charge in [-0.1, -0.05) is 6.08 Å². The van der Waals surface area contributed by atoms with Crippen LogP contribution in [0.25, 0.3) is 0 Å². The first-order valence-electron chi connectivity index (χ1n) is 7.52. The maximum absolute atomic E-state index is 11.9. The number of carboxylic acids is 1. The Bertz CT molecular complexity index is 803. The van der Waals surface area contributed by atoms with Crippen LogP contribution in [-0.4, -0.2) is 45.0 Å². The van der Waals surface area contributed by atoms with Crippen molar-refractivity contribution in [2.45, 2.75) is 18.0 Å². The van der Waals surface area contributed by atoms with Gasteiger partial charge in [0.15, 0.2) is 18.9 Å². The van der Waals surface area contributed by atoms with E-state index >= 15 is 0 Å². The molecule has 0 saturated carbocycles. The van der Waals surface area contributed by atoms with Crippen LogP contribution in [0.4, 0.5) is 0 Å². The molecule has 8 nitrogen and oxygen atoms in total. The highest BCUT2D eigenvalue weighted by molar-refractivity contribution is 8.00. The summed E-state index contributed by atoms with van der Waals surface area (Å²) in [7, 11) is 0. The number of primary amides is 1. The highest BCUT2D eigenvalue weighted by atomic mass is 32.2. The smallest absolute Gasteiger partial charge is 0.352 e. The minimum Gasteiger partial charge on any atom is -0.477 e. The molecule has 130 valence electrons. The molecule has 9 heteroatoms. The van der Waals surface area contributed by atoms with Gasteiger partial charge in [0.1, 0.15) is 17.1 Å². The lowest BCUT2D eigenvalue weighted by molar-refractivity contribution is -0.687. The molecular weight excluding hydrogens is 344 g/mol. The topological polar surface area (TPSA) is 131 Å². The molecule has 2 aliphatic heterocycles. The minimum absolute atomic E-state index is 0.000719. The van der Waals surface area contributed by atoms with Crippen molar-refractivity contribution >= 4 is 29.5 Å². The minimum atomic E-state index is -1.14. The second-order valence-corrected chi connectivity index (χ2v) is 6.77. The number of thioether (sulfide) groups is 1. The Morgan fingerprint density at radius 1 is 1.40 bits per heavy atom. The predicted octanol–water partition coefficient (Wildman–Crippen LogP) is -0.790. The Morgan fingerprint density at radius 2 is 2.08 bits per heavy atom. The molecule has 0 aromatic carbocycles. The first-order valence-corrected chi connectivity index (χ1v) is 8.57. The molecule has 2 atom stereocenters. The Balaban J connectivity index is 1.76. The van der Waals surface area contributed by atoms with E-state index in [0.717, 1.165) is 0 Å². The summed E-state index contributed by atoms with van der Waals surface area (Å²) in [5, 5.41) is 9.15. The number of nitrogens with zero attached hydrogens (tertiary/aromatic N) is 2. The average molecular weight is 361 g/mol. The van der Waals surface area contributed by atoms with Crippen molar-refractivity contribution in [2.75, 3.05) is 5.75 Å². The molecule has 0 spiro atoms. The molecule has 3 rings (SSSR count). The summed E-state index contributed by atoms with van der Waals surface area (Å²) in [5.41, 5.74) is 11.9. The Kier molecular flexibility index (Phi) is 4.60. The van der Waals surface area contributed by atoms with Crippen LogP contribution < -0.4 is 16.0 Å². The molecule has 1 unspecified atom stereocenters. The van der Waals surface area contributed by atoms with E-state index in [9.17, 15) is 19.5 Å². The van der Waals surface area contributed by atoms with Crippen LogP contribution >= 0.6 is 11.8 Å². The predicted molar refractivity (Wildman–Crippen MR) is 90.0 cm³/mol. The lowest BCUT2D eigenvalue weighted by Gasteiger charge is -2.47. The third kappa shape index (κ3) is 3.15. The SMILES string of the molecule is NC(=O)c1cc[n+](CC=CC2=C(C(=O)O)N3C(=O)C(N)[C@H]3SC2)cc1. The number of hydrogen-bond donors (Lipinski definition) is 3. The Hall–Kier alpha value is -2.65. The van der Waals surface area contributed by atoms with Gasteiger partial charge in [0, 0.05) is 17.9 Å². The molecule has 1 saturated heterocycles. The first-order chi connectivity index (χ1) is 11.9. The van der Waals surface area contributed by atoms with Crippen molar-refractivity contribution in [1.82, 2.24) is 4.90 Å². The zero-order valence-corrected chi connectivity index (χ0v) is 14.0. The van der Waals surface area contributed by atoms with Gasteiger partial charge < -0.3 is 16.6 Å². The number of carbonyl (C=O) groups is 3. The molecule has 1 aromatic heterocycles. The highest BCUT2D eigenvalue weighted by Crippen LogP contribution is 2.39. The van der Waals surface area contributed by atoms with Crippen molar-refractivity contribution in [1.29, 1.82) is 0 Å². The summed E-state index contributed by atoms with van der Waals surface area (Å²) in [6.45, 7) is 0.483. The maximum Gasteiger partial charge on any atom is 0.352 e. The van der Waals surface area contributed by atoms with Crippen molar-refractivity contribution in [3.05, 3.63) is 53.5 Å². The number of aliphatic carboxylic acids is 1. The van der Waals surface area contributed by atoms with Gasteiger partial charge in [-0.25, -0.2) is 9.36 Å². The lowest BCUT2D eigenvalue weighted by atomic mass is 10.0. The van der Waals surface area contributed by atoms with E-state index in [4.69, 9.17) is 11.5 Å². The van der Waals surface area contributed by atoms with Gasteiger partial charge in [0.25, 0.3) is 0 Å². The number of rotatable bonds is 5. The van der Waals surface area contributed by atoms with Crippen molar-refractivity contribution < 1.29 is 24.1 Å². The number of aromatic nitrogens is 1. The fourth-order valence-electron chi connectivity index (χ4n) is 2.73. The quantitative estimate of drug-likeness (QED) is 0.465. The number of hydrogen-bond acceptors (Lipinski definition) is 5. The third-order valence-corrected chi connectivity index (χ3v) is 5.38. The summed E-state index contributed by atoms with van der Waals surface area (Å²) in [6.07, 6.45) is 6.92. The van der Waals surface area contributed by atoms with Gasteiger partial charge in [-0.3, -0.25) is 14.5 Å². The largest absolute Gasteiger partial charge is 0.477 e. The number of pyridine rings is 1. The van der Waals surface area contributed by atoms with Crippen LogP contribution in [0.3, 0.4) is 0 Å². The standard InChI is InChI=1S/C16H16N4O4S/c17-11-14(22)20-12(16(23)24)10(8-25-15(11)20)2-1-5-19-6-3-9(4-7-19)13(18)21/h1-4,6-7,11,15H,5,8,17H2,(H2-,18,21,23,24)/p+1/t11?,15-/m1/s1. The molecule has 2 aliphatic rings. The second kappa shape index (κ2) is 6.69. The zero-order chi connectivity index (χ0) is 18.1. The average Bonchev–Trinajstić information content (AvgIpc) is 2.60. The maximum atomic E-state index is 11.9. The fraction of sp³-hybridized carbons (Fsp3) is 0.250. The monoisotopic (exact) mass is 361 g/mol. The van der Waals surface area contributed by atoms with Gasteiger partial charge in [-0.05, 0) is 11.6 Å². The number of β-lactam (4-membered cyclic amide) rings is 1. The number of fused-ring (bicyclic) bond motifs is 1. The van der Waals surface area contributed by atoms with Crippen molar-refractivity contribution in [3.63, 3.8) is 0 Å². The molecule has 0 bridgehead atoms. The molecular formula is C16H17N4O4S+. The van der Waals surface area contributed by atoms with Crippen LogP contribution in [0.5, 0.6) is 0 Å². The van der Waals surface area contributed by atoms with E-state index in [-0.39, 0.29) is 17.0 Å². The van der Waals surface area contributed by atoms with Gasteiger partial charge in [0.2, 0.25) is 11.8 Å². The number of nitrogens with two attached hydrogens (primary N) is 2. The summed E-state index contributed by atoms with van der Waals surface area (Å²) in [4.78, 5) is 35.7. The Morgan fingerprint density at radius 3 is 2.68 bits per heavy atom. The highest BCUT2D eigenvalue weighted by Gasteiger charge is 2.51. The molecule has 0 aliphatic carbocycles. The zero-order valence-electron chi connectivity index (χ0n) is 13.2. The molecule has 1 fully saturated rings. The van der Waals surface area contributed by atoms with E-state index in [1.165, 1.54) is 16.7 Å². The van der Waals surface area contributed by atoms with E-state index in [1.807, 2.05) is 4.57 Å². The molecule has 2 amide bonds. The molecule has 5 N–H and O–H groups in total. The number of allylic oxidation sites excluding steroid dienone is 2. The summed E-state index contributed by atoms with van der Waals surface area (Å²) < 4.78 is 1.81. The van der Waals surface area contributed by atoms with Crippen LogP contribution in [0, 0.1) is 0 Å². The van der Waals surface area contributed by atoms with Crippen molar-refractivity contribution in [2.24, 2.45) is 11.5 Å². The normalized spacial score (nSPS) is 22.8. The van der Waals surface area contributed by atoms with Crippen LogP contribution in [0.2, 0.25) is 0 Å². The van der Waals surface area contributed by atoms with Gasteiger partial charge >= 0.3 is 5.97 Å². The van der Waals surface area contributed by atoms with Crippen LogP contribution in [0.1, 0.15) is 10.4 Å². The van der Waals surface area contributed by atoms with Gasteiger partial charge in [0.05, 0.1) is 5.56 Å². The number of carbonyl (C=O) groups excluding carboxylic acids is 2. The molecule has 25 heavy (non-hydrogen) atoms. The number of amides is 2. The summed E-state index contributed by atoms with van der Waals surface area (Å²) in [6, 6.07) is 2.59. The number of carboxylic acid groups (broad SMARTS) is 1. The lowest BCUT2D eigenvalue weighted by Crippen LogP contribution is -2.68. The summed E-state index contributed by atoms with van der Waals surface area (Å²) >= 11 is 1.45. The second-order valence-electron chi connectivity index (χ2n) is 5.66. The third-order valence-electron chi connectivity index (χ3n) is 4.05. The van der Waals surface area contributed by atoms with Crippen LogP contribution in [0.15, 0.2) is 47.9 Å². The van der Waals surface area contributed by atoms with Crippen molar-refractivity contribution in [3.8, 4) is 0 Å². The van der Waals surface area contributed by atoms with E-state index < -0.39 is 17.9 Å². The van der Waals surface area contributed by atoms with Crippen LogP contribution in [-0.2, 0) is 16.1 Å². The fourth-order valence-corrected chi connectivity index (χ4v) is 3.99.